The predicted molar refractivity (Wildman–Crippen MR) is 305 cm³/mol. The average molecular weight is 963 g/mol. The van der Waals surface area contributed by atoms with Crippen LogP contribution in [0.15, 0.2) is 255 Å². The molecule has 75 heavy (non-hydrogen) atoms. The molecule has 10 aromatic carbocycles. The first-order valence-electron chi connectivity index (χ1n) is 25.0. The van der Waals surface area contributed by atoms with Gasteiger partial charge in [0.1, 0.15) is 0 Å². The summed E-state index contributed by atoms with van der Waals surface area (Å²) in [7, 11) is 0. The second-order valence-corrected chi connectivity index (χ2v) is 18.5. The molecule has 0 amide bonds. The van der Waals surface area contributed by atoms with Crippen molar-refractivity contribution in [3.05, 3.63) is 266 Å². The van der Waals surface area contributed by atoms with Gasteiger partial charge in [0.25, 0.3) is 0 Å². The number of nitrogens with two attached hydrogens (primary N) is 1. The number of aromatic nitrogens is 7. The van der Waals surface area contributed by atoms with Crippen molar-refractivity contribution < 1.29 is 0 Å². The van der Waals surface area contributed by atoms with Gasteiger partial charge in [0.2, 0.25) is 5.95 Å². The van der Waals surface area contributed by atoms with Gasteiger partial charge in [-0.25, -0.2) is 19.9 Å². The minimum atomic E-state index is 0.472. The Morgan fingerprint density at radius 1 is 0.293 bits per heavy atom. The van der Waals surface area contributed by atoms with Crippen LogP contribution in [0.2, 0.25) is 0 Å². The number of hydrogen-bond donors (Lipinski definition) is 1. The van der Waals surface area contributed by atoms with Gasteiger partial charge < -0.3 is 5.73 Å². The van der Waals surface area contributed by atoms with Gasteiger partial charge in [-0.05, 0) is 63.6 Å². The molecule has 0 aliphatic carbocycles. The highest BCUT2D eigenvalue weighted by Crippen LogP contribution is 2.42. The molecule has 0 aliphatic heterocycles. The number of para-hydroxylation sites is 1. The number of hydrogen-bond acceptors (Lipinski definition) is 7. The van der Waals surface area contributed by atoms with Crippen molar-refractivity contribution in [2.75, 3.05) is 5.73 Å². The van der Waals surface area contributed by atoms with Crippen molar-refractivity contribution in [2.24, 2.45) is 0 Å². The smallest absolute Gasteiger partial charge is 0.238 e. The van der Waals surface area contributed by atoms with E-state index in [0.717, 1.165) is 94.1 Å². The van der Waals surface area contributed by atoms with E-state index in [0.29, 0.717) is 47.2 Å². The van der Waals surface area contributed by atoms with Gasteiger partial charge >= 0.3 is 0 Å². The number of nitrogens with zero attached hydrogens (tertiary/aromatic N) is 7. The second kappa shape index (κ2) is 19.4. The van der Waals surface area contributed by atoms with Crippen LogP contribution in [0, 0.1) is 0 Å². The lowest BCUT2D eigenvalue weighted by molar-refractivity contribution is 0.954. The number of anilines is 1. The lowest BCUT2D eigenvalue weighted by Gasteiger charge is -2.16. The van der Waals surface area contributed by atoms with Gasteiger partial charge in [0.15, 0.2) is 29.1 Å². The molecule has 0 atom stereocenters. The van der Waals surface area contributed by atoms with Crippen LogP contribution in [0.3, 0.4) is 0 Å². The largest absolute Gasteiger partial charge is 0.397 e. The fourth-order valence-corrected chi connectivity index (χ4v) is 10.1. The molecule has 0 saturated heterocycles. The van der Waals surface area contributed by atoms with E-state index in [4.69, 9.17) is 35.6 Å². The Morgan fingerprint density at radius 3 is 1.29 bits per heavy atom. The summed E-state index contributed by atoms with van der Waals surface area (Å²) in [5.41, 5.74) is 22.9. The summed E-state index contributed by atoms with van der Waals surface area (Å²) in [5.74, 6) is 3.40. The van der Waals surface area contributed by atoms with Crippen molar-refractivity contribution >= 4 is 27.5 Å². The summed E-state index contributed by atoms with van der Waals surface area (Å²) in [6.45, 7) is 0. The van der Waals surface area contributed by atoms with Crippen LogP contribution in [-0.4, -0.2) is 34.5 Å². The predicted octanol–water partition coefficient (Wildman–Crippen LogP) is 15.7. The molecule has 0 spiro atoms. The SMILES string of the molecule is Nc1c(-c2ccccc2Cc2ccccc2-c2nc(-c3ccccc3)nc(-c3cccc(-c4ccccc4)c3)n2)ccc2c3ccccc3n(-c3nc(-c4ccccc4)nc(-c4cccc(-c5ccccc5)c4)n3)c12. The first-order chi connectivity index (χ1) is 37.1. The van der Waals surface area contributed by atoms with Crippen LogP contribution in [0.1, 0.15) is 11.1 Å². The first-order valence-corrected chi connectivity index (χ1v) is 25.0. The van der Waals surface area contributed by atoms with E-state index >= 15 is 0 Å². The third kappa shape index (κ3) is 8.66. The van der Waals surface area contributed by atoms with Crippen LogP contribution in [-0.2, 0) is 6.42 Å². The molecule has 8 nitrogen and oxygen atoms in total. The first kappa shape index (κ1) is 44.7. The molecular weight excluding hydrogens is 917 g/mol. The maximum atomic E-state index is 7.59. The van der Waals surface area contributed by atoms with Crippen LogP contribution in [0.25, 0.3) is 118 Å². The maximum Gasteiger partial charge on any atom is 0.238 e. The molecule has 0 aliphatic rings. The Bertz CT molecular complexity index is 4210. The summed E-state index contributed by atoms with van der Waals surface area (Å²) in [4.78, 5) is 31.2. The van der Waals surface area contributed by atoms with Crippen LogP contribution in [0.5, 0.6) is 0 Å². The fraction of sp³-hybridized carbons (Fsp3) is 0.0149. The Hall–Kier alpha value is -10.2. The number of rotatable bonds is 11. The van der Waals surface area contributed by atoms with Crippen LogP contribution in [0.4, 0.5) is 5.69 Å². The normalized spacial score (nSPS) is 11.3. The van der Waals surface area contributed by atoms with Gasteiger partial charge in [-0.3, -0.25) is 4.57 Å². The van der Waals surface area contributed by atoms with Gasteiger partial charge in [-0.15, -0.1) is 0 Å². The zero-order chi connectivity index (χ0) is 50.1. The monoisotopic (exact) mass is 962 g/mol. The van der Waals surface area contributed by atoms with E-state index in [1.807, 2.05) is 84.9 Å². The quantitative estimate of drug-likeness (QED) is 0.129. The molecule has 8 heteroatoms. The van der Waals surface area contributed by atoms with E-state index in [-0.39, 0.29) is 0 Å². The average Bonchev–Trinajstić information content (AvgIpc) is 3.86. The second-order valence-electron chi connectivity index (χ2n) is 18.5. The highest BCUT2D eigenvalue weighted by Gasteiger charge is 2.23. The third-order valence-corrected chi connectivity index (χ3v) is 13.8. The Morgan fingerprint density at radius 2 is 0.707 bits per heavy atom. The Kier molecular flexibility index (Phi) is 11.6. The molecule has 0 saturated carbocycles. The molecular formula is C67H46N8. The summed E-state index contributed by atoms with van der Waals surface area (Å²) in [5, 5.41) is 2.04. The molecule has 354 valence electrons. The van der Waals surface area contributed by atoms with Crippen molar-refractivity contribution in [1.29, 1.82) is 0 Å². The lowest BCUT2D eigenvalue weighted by Crippen LogP contribution is -2.08. The topological polar surface area (TPSA) is 108 Å². The molecule has 3 aromatic heterocycles. The highest BCUT2D eigenvalue weighted by molar-refractivity contribution is 6.15. The summed E-state index contributed by atoms with van der Waals surface area (Å²) >= 11 is 0. The standard InChI is InChI=1S/C67H46N8/c68-60-57(39-40-58-56-37-17-18-38-59(56)75(61(58)60)67-73-63(47-27-11-4-12-28-47)70-65(74-67)53-34-20-32-49(42-53)45-23-7-2-8-24-45)54-35-15-13-29-50(54)43-51-30-14-16-36-55(51)66-71-62(46-25-9-3-10-26-46)69-64(72-66)52-33-19-31-48(41-52)44-21-5-1-6-22-44/h1-42H,43,68H2. The van der Waals surface area contributed by atoms with E-state index in [1.165, 1.54) is 0 Å². The maximum absolute atomic E-state index is 7.59. The molecule has 13 aromatic rings. The van der Waals surface area contributed by atoms with Gasteiger partial charge in [-0.2, -0.15) is 9.97 Å². The van der Waals surface area contributed by atoms with Gasteiger partial charge in [0.05, 0.1) is 16.7 Å². The number of benzene rings is 10. The molecule has 0 radical (unpaired) electrons. The van der Waals surface area contributed by atoms with Crippen molar-refractivity contribution in [1.82, 2.24) is 34.5 Å². The Labute approximate surface area is 434 Å². The molecule has 0 bridgehead atoms. The van der Waals surface area contributed by atoms with E-state index in [2.05, 4.69) is 174 Å². The molecule has 0 unspecified atom stereocenters. The molecule has 13 rings (SSSR count). The number of fused-ring (bicyclic) bond motifs is 3. The van der Waals surface area contributed by atoms with E-state index in [1.54, 1.807) is 0 Å². The van der Waals surface area contributed by atoms with Crippen molar-refractivity contribution in [3.63, 3.8) is 0 Å². The van der Waals surface area contributed by atoms with Crippen molar-refractivity contribution in [3.8, 4) is 96.3 Å². The van der Waals surface area contributed by atoms with Crippen LogP contribution < -0.4 is 5.73 Å². The summed E-state index contributed by atoms with van der Waals surface area (Å²) in [6.07, 6.45) is 0.581. The summed E-state index contributed by atoms with van der Waals surface area (Å²) < 4.78 is 2.11. The third-order valence-electron chi connectivity index (χ3n) is 13.8. The molecule has 2 N–H and O–H groups in total. The van der Waals surface area contributed by atoms with E-state index in [9.17, 15) is 0 Å². The summed E-state index contributed by atoms with van der Waals surface area (Å²) in [6, 6.07) is 87.3. The van der Waals surface area contributed by atoms with E-state index < -0.39 is 0 Å². The minimum absolute atomic E-state index is 0.472. The zero-order valence-electron chi connectivity index (χ0n) is 40.7. The zero-order valence-corrected chi connectivity index (χ0v) is 40.7. The minimum Gasteiger partial charge on any atom is -0.397 e. The van der Waals surface area contributed by atoms with Crippen LogP contribution >= 0.6 is 0 Å². The van der Waals surface area contributed by atoms with Crippen molar-refractivity contribution in [2.45, 2.75) is 6.42 Å². The fourth-order valence-electron chi connectivity index (χ4n) is 10.1. The van der Waals surface area contributed by atoms with Gasteiger partial charge in [0, 0.05) is 44.2 Å². The Balaban J connectivity index is 0.938. The van der Waals surface area contributed by atoms with Gasteiger partial charge in [-0.1, -0.05) is 237 Å². The lowest BCUT2D eigenvalue weighted by atomic mass is 9.91. The number of nitrogen functional groups attached to an aromatic ring is 1. The highest BCUT2D eigenvalue weighted by atomic mass is 15.2. The molecule has 0 fully saturated rings. The molecule has 3 heterocycles.